The minimum atomic E-state index is -0.240. The summed E-state index contributed by atoms with van der Waals surface area (Å²) in [4.78, 5) is 27.4. The highest BCUT2D eigenvalue weighted by Crippen LogP contribution is 2.22. The molecule has 1 atom stereocenters. The van der Waals surface area contributed by atoms with E-state index in [1.54, 1.807) is 16.7 Å². The third-order valence-corrected chi connectivity index (χ3v) is 4.24. The number of amides is 2. The number of carbonyl (C=O) groups is 2. The average molecular weight is 257 g/mol. The lowest BCUT2D eigenvalue weighted by Crippen LogP contribution is -2.49. The summed E-state index contributed by atoms with van der Waals surface area (Å²) in [6.45, 7) is 4.92. The third kappa shape index (κ3) is 2.93. The smallest absolute Gasteiger partial charge is 0.246 e. The van der Waals surface area contributed by atoms with E-state index in [4.69, 9.17) is 0 Å². The third-order valence-electron chi connectivity index (χ3n) is 3.22. The fraction of sp³-hybridized carbons (Fsp3) is 0.818. The SMILES string of the molecule is CC(=O)N1CSCC1C(=O)N1CCCNCC1. The van der Waals surface area contributed by atoms with E-state index in [1.807, 2.05) is 4.90 Å². The van der Waals surface area contributed by atoms with E-state index in [-0.39, 0.29) is 17.9 Å². The maximum absolute atomic E-state index is 12.4. The molecule has 2 aliphatic heterocycles. The normalized spacial score (nSPS) is 25.8. The van der Waals surface area contributed by atoms with Crippen LogP contribution in [0.25, 0.3) is 0 Å². The Bertz CT molecular complexity index is 303. The van der Waals surface area contributed by atoms with E-state index < -0.39 is 0 Å². The van der Waals surface area contributed by atoms with Crippen molar-refractivity contribution in [2.24, 2.45) is 0 Å². The van der Waals surface area contributed by atoms with Gasteiger partial charge in [-0.15, -0.1) is 11.8 Å². The van der Waals surface area contributed by atoms with Crippen LogP contribution in [0.2, 0.25) is 0 Å². The number of hydrogen-bond acceptors (Lipinski definition) is 4. The zero-order valence-electron chi connectivity index (χ0n) is 10.1. The molecule has 0 spiro atoms. The predicted molar refractivity (Wildman–Crippen MR) is 67.7 cm³/mol. The van der Waals surface area contributed by atoms with Gasteiger partial charge in [0.25, 0.3) is 0 Å². The second-order valence-corrected chi connectivity index (χ2v) is 5.43. The van der Waals surface area contributed by atoms with E-state index >= 15 is 0 Å². The summed E-state index contributed by atoms with van der Waals surface area (Å²) in [5.41, 5.74) is 0. The minimum absolute atomic E-state index is 0.00120. The molecule has 2 saturated heterocycles. The van der Waals surface area contributed by atoms with Gasteiger partial charge in [-0.05, 0) is 13.0 Å². The Labute approximate surface area is 106 Å². The Balaban J connectivity index is 2.00. The van der Waals surface area contributed by atoms with Crippen LogP contribution in [0.3, 0.4) is 0 Å². The Kier molecular flexibility index (Phi) is 4.28. The molecule has 1 N–H and O–H groups in total. The van der Waals surface area contributed by atoms with Gasteiger partial charge in [-0.1, -0.05) is 0 Å². The molecular formula is C11H19N3O2S. The van der Waals surface area contributed by atoms with Crippen molar-refractivity contribution in [1.82, 2.24) is 15.1 Å². The van der Waals surface area contributed by atoms with E-state index in [1.165, 1.54) is 6.92 Å². The fourth-order valence-electron chi connectivity index (χ4n) is 2.23. The second kappa shape index (κ2) is 5.73. The molecule has 0 saturated carbocycles. The van der Waals surface area contributed by atoms with Gasteiger partial charge in [0.1, 0.15) is 6.04 Å². The average Bonchev–Trinajstić information content (AvgIpc) is 2.64. The van der Waals surface area contributed by atoms with Gasteiger partial charge in [0.15, 0.2) is 0 Å². The van der Waals surface area contributed by atoms with Crippen molar-refractivity contribution in [2.45, 2.75) is 19.4 Å². The van der Waals surface area contributed by atoms with Crippen molar-refractivity contribution in [1.29, 1.82) is 0 Å². The Hall–Kier alpha value is -0.750. The van der Waals surface area contributed by atoms with Crippen LogP contribution in [0, 0.1) is 0 Å². The van der Waals surface area contributed by atoms with Gasteiger partial charge in [0.2, 0.25) is 11.8 Å². The van der Waals surface area contributed by atoms with Gasteiger partial charge in [-0.3, -0.25) is 9.59 Å². The van der Waals surface area contributed by atoms with E-state index in [0.717, 1.165) is 38.4 Å². The van der Waals surface area contributed by atoms with Gasteiger partial charge < -0.3 is 15.1 Å². The predicted octanol–water partition coefficient (Wildman–Crippen LogP) is -0.270. The summed E-state index contributed by atoms with van der Waals surface area (Å²) in [5.74, 6) is 1.51. The summed E-state index contributed by atoms with van der Waals surface area (Å²) in [7, 11) is 0. The van der Waals surface area contributed by atoms with E-state index in [0.29, 0.717) is 5.88 Å². The molecule has 5 nitrogen and oxygen atoms in total. The van der Waals surface area contributed by atoms with Crippen LogP contribution < -0.4 is 5.32 Å². The molecule has 2 fully saturated rings. The molecule has 17 heavy (non-hydrogen) atoms. The summed E-state index contributed by atoms with van der Waals surface area (Å²) in [6, 6.07) is -0.240. The number of nitrogens with one attached hydrogen (secondary N) is 1. The maximum Gasteiger partial charge on any atom is 0.246 e. The van der Waals surface area contributed by atoms with Crippen molar-refractivity contribution >= 4 is 23.6 Å². The van der Waals surface area contributed by atoms with Crippen LogP contribution >= 0.6 is 11.8 Å². The summed E-state index contributed by atoms with van der Waals surface area (Å²) >= 11 is 1.66. The standard InChI is InChI=1S/C11H19N3O2S/c1-9(15)14-8-17-7-10(14)11(16)13-5-2-3-12-4-6-13/h10,12H,2-8H2,1H3. The lowest BCUT2D eigenvalue weighted by atomic mass is 10.2. The van der Waals surface area contributed by atoms with Crippen molar-refractivity contribution in [3.63, 3.8) is 0 Å². The zero-order chi connectivity index (χ0) is 12.3. The highest BCUT2D eigenvalue weighted by Gasteiger charge is 2.35. The molecule has 6 heteroatoms. The summed E-state index contributed by atoms with van der Waals surface area (Å²) in [6.07, 6.45) is 0.992. The first-order chi connectivity index (χ1) is 8.20. The molecule has 0 aliphatic carbocycles. The fourth-order valence-corrected chi connectivity index (χ4v) is 3.44. The number of thioether (sulfide) groups is 1. The van der Waals surface area contributed by atoms with Gasteiger partial charge in [-0.2, -0.15) is 0 Å². The first-order valence-corrected chi connectivity index (χ1v) is 7.20. The van der Waals surface area contributed by atoms with Crippen LogP contribution in [-0.2, 0) is 9.59 Å². The Morgan fingerprint density at radius 2 is 2.12 bits per heavy atom. The van der Waals surface area contributed by atoms with Gasteiger partial charge in [0, 0.05) is 32.3 Å². The van der Waals surface area contributed by atoms with Crippen LogP contribution in [-0.4, -0.2) is 65.5 Å². The molecule has 0 aromatic heterocycles. The van der Waals surface area contributed by atoms with Gasteiger partial charge >= 0.3 is 0 Å². The Morgan fingerprint density at radius 3 is 2.88 bits per heavy atom. The summed E-state index contributed by atoms with van der Waals surface area (Å²) < 4.78 is 0. The lowest BCUT2D eigenvalue weighted by molar-refractivity contribution is -0.142. The molecule has 0 bridgehead atoms. The zero-order valence-corrected chi connectivity index (χ0v) is 11.0. The van der Waals surface area contributed by atoms with Crippen molar-refractivity contribution in [2.75, 3.05) is 37.8 Å². The highest BCUT2D eigenvalue weighted by molar-refractivity contribution is 7.99. The van der Waals surface area contributed by atoms with Crippen molar-refractivity contribution in [3.05, 3.63) is 0 Å². The maximum atomic E-state index is 12.4. The monoisotopic (exact) mass is 257 g/mol. The first kappa shape index (κ1) is 12.7. The highest BCUT2D eigenvalue weighted by atomic mass is 32.2. The second-order valence-electron chi connectivity index (χ2n) is 4.43. The van der Waals surface area contributed by atoms with Crippen LogP contribution in [0.4, 0.5) is 0 Å². The minimum Gasteiger partial charge on any atom is -0.340 e. The molecule has 0 aromatic rings. The molecular weight excluding hydrogens is 238 g/mol. The van der Waals surface area contributed by atoms with E-state index in [9.17, 15) is 9.59 Å². The quantitative estimate of drug-likeness (QED) is 0.702. The van der Waals surface area contributed by atoms with Crippen molar-refractivity contribution < 1.29 is 9.59 Å². The largest absolute Gasteiger partial charge is 0.340 e. The number of hydrogen-bond donors (Lipinski definition) is 1. The molecule has 2 amide bonds. The lowest BCUT2D eigenvalue weighted by Gasteiger charge is -2.28. The number of rotatable bonds is 1. The van der Waals surface area contributed by atoms with Crippen LogP contribution in [0.1, 0.15) is 13.3 Å². The molecule has 0 aromatic carbocycles. The molecule has 2 aliphatic rings. The molecule has 2 heterocycles. The van der Waals surface area contributed by atoms with Crippen LogP contribution in [0.15, 0.2) is 0 Å². The van der Waals surface area contributed by atoms with Gasteiger partial charge in [-0.25, -0.2) is 0 Å². The number of nitrogens with zero attached hydrogens (tertiary/aromatic N) is 2. The number of carbonyl (C=O) groups excluding carboxylic acids is 2. The molecule has 1 unspecified atom stereocenters. The topological polar surface area (TPSA) is 52.7 Å². The molecule has 2 rings (SSSR count). The Morgan fingerprint density at radius 1 is 1.29 bits per heavy atom. The first-order valence-electron chi connectivity index (χ1n) is 6.04. The van der Waals surface area contributed by atoms with Crippen molar-refractivity contribution in [3.8, 4) is 0 Å². The summed E-state index contributed by atoms with van der Waals surface area (Å²) in [5, 5.41) is 3.28. The molecule has 0 radical (unpaired) electrons. The van der Waals surface area contributed by atoms with Gasteiger partial charge in [0.05, 0.1) is 5.88 Å². The molecule has 96 valence electrons. The van der Waals surface area contributed by atoms with E-state index in [2.05, 4.69) is 5.32 Å². The van der Waals surface area contributed by atoms with Crippen LogP contribution in [0.5, 0.6) is 0 Å².